The summed E-state index contributed by atoms with van der Waals surface area (Å²) in [7, 11) is 0. The van der Waals surface area contributed by atoms with Crippen LogP contribution in [0.1, 0.15) is 103 Å². The van der Waals surface area contributed by atoms with E-state index in [2.05, 4.69) is 21.1 Å². The molecule has 2 heterocycles. The Kier molecular flexibility index (Phi) is 11.3. The SMILES string of the molecule is CCC[C@H](NC(=O)[C@@H]1C[C@]2(CC(c3cccc(Cl)c3)=NO2)CN1C(=O)[C@@H](CC(=O)NC1CCCCC1)C(C)C)C(=O)C(=O)NC1CC1. The summed E-state index contributed by atoms with van der Waals surface area (Å²) in [5.74, 6) is -3.27. The van der Waals surface area contributed by atoms with Crippen molar-refractivity contribution < 1.29 is 28.8 Å². The molecular formula is C35H48ClN5O6. The van der Waals surface area contributed by atoms with Crippen molar-refractivity contribution in [2.45, 2.75) is 128 Å². The van der Waals surface area contributed by atoms with Gasteiger partial charge in [0.25, 0.3) is 5.91 Å². The molecule has 4 amide bonds. The van der Waals surface area contributed by atoms with Crippen molar-refractivity contribution in [3.05, 3.63) is 34.9 Å². The summed E-state index contributed by atoms with van der Waals surface area (Å²) in [6, 6.07) is 5.36. The second kappa shape index (κ2) is 15.2. The minimum Gasteiger partial charge on any atom is -0.387 e. The molecule has 4 aliphatic rings. The highest BCUT2D eigenvalue weighted by molar-refractivity contribution is 6.38. The van der Waals surface area contributed by atoms with Crippen molar-refractivity contribution >= 4 is 46.7 Å². The Hall–Kier alpha value is -3.47. The Morgan fingerprint density at radius 1 is 1.04 bits per heavy atom. The number of ketones is 1. The number of carbonyl (C=O) groups excluding carboxylic acids is 5. The molecule has 1 saturated heterocycles. The number of nitrogens with zero attached hydrogens (tertiary/aromatic N) is 2. The van der Waals surface area contributed by atoms with Crippen LogP contribution in [-0.2, 0) is 28.8 Å². The molecule has 2 aliphatic carbocycles. The van der Waals surface area contributed by atoms with Crippen molar-refractivity contribution in [2.24, 2.45) is 17.0 Å². The van der Waals surface area contributed by atoms with Crippen LogP contribution in [0.2, 0.25) is 5.02 Å². The summed E-state index contributed by atoms with van der Waals surface area (Å²) in [6.07, 6.45) is 8.19. The van der Waals surface area contributed by atoms with E-state index in [9.17, 15) is 24.0 Å². The van der Waals surface area contributed by atoms with E-state index in [0.29, 0.717) is 23.6 Å². The fourth-order valence-corrected chi connectivity index (χ4v) is 7.16. The van der Waals surface area contributed by atoms with Crippen LogP contribution in [0, 0.1) is 11.8 Å². The van der Waals surface area contributed by atoms with E-state index in [4.69, 9.17) is 16.4 Å². The molecule has 1 aromatic rings. The maximum atomic E-state index is 14.4. The van der Waals surface area contributed by atoms with E-state index >= 15 is 0 Å². The number of Topliss-reactive ketones (excluding diaryl/α,β-unsaturated/α-hetero) is 1. The second-order valence-electron chi connectivity index (χ2n) is 14.1. The maximum absolute atomic E-state index is 14.4. The first-order valence-corrected chi connectivity index (χ1v) is 17.6. The van der Waals surface area contributed by atoms with Crippen molar-refractivity contribution in [3.8, 4) is 0 Å². The molecule has 1 spiro atoms. The molecule has 0 unspecified atom stereocenters. The smallest absolute Gasteiger partial charge is 0.289 e. The fraction of sp³-hybridized carbons (Fsp3) is 0.657. The van der Waals surface area contributed by atoms with Crippen molar-refractivity contribution in [1.29, 1.82) is 0 Å². The van der Waals surface area contributed by atoms with E-state index < -0.39 is 41.2 Å². The summed E-state index contributed by atoms with van der Waals surface area (Å²) in [5, 5.41) is 13.6. The van der Waals surface area contributed by atoms with Gasteiger partial charge in [-0.25, -0.2) is 0 Å². The number of likely N-dealkylation sites (tertiary alicyclic amines) is 1. The van der Waals surface area contributed by atoms with E-state index in [1.165, 1.54) is 11.3 Å². The Balaban J connectivity index is 1.35. The molecule has 0 bridgehead atoms. The van der Waals surface area contributed by atoms with Gasteiger partial charge in [-0.3, -0.25) is 24.0 Å². The molecule has 3 N–H and O–H groups in total. The van der Waals surface area contributed by atoms with Gasteiger partial charge in [0.05, 0.1) is 18.3 Å². The van der Waals surface area contributed by atoms with Crippen LogP contribution < -0.4 is 16.0 Å². The van der Waals surface area contributed by atoms with Gasteiger partial charge in [-0.1, -0.05) is 75.3 Å². The zero-order valence-electron chi connectivity index (χ0n) is 27.7. The van der Waals surface area contributed by atoms with Gasteiger partial charge in [0.2, 0.25) is 23.5 Å². The topological polar surface area (TPSA) is 146 Å². The predicted octanol–water partition coefficient (Wildman–Crippen LogP) is 4.05. The number of halogens is 1. The quantitative estimate of drug-likeness (QED) is 0.270. The summed E-state index contributed by atoms with van der Waals surface area (Å²) < 4.78 is 0. The third kappa shape index (κ3) is 8.72. The van der Waals surface area contributed by atoms with Gasteiger partial charge in [-0.15, -0.1) is 0 Å². The summed E-state index contributed by atoms with van der Waals surface area (Å²) >= 11 is 6.23. The third-order valence-electron chi connectivity index (χ3n) is 9.83. The highest BCUT2D eigenvalue weighted by Crippen LogP contribution is 2.40. The van der Waals surface area contributed by atoms with Gasteiger partial charge >= 0.3 is 0 Å². The van der Waals surface area contributed by atoms with Crippen LogP contribution in [0.3, 0.4) is 0 Å². The standard InChI is InChI=1S/C35H48ClN5O6/c1-4-9-27(31(43)33(45)38-25-14-15-25)39-32(44)29-19-35(18-28(40-47-35)22-10-8-11-23(36)16-22)20-41(29)34(46)26(21(2)3)17-30(42)37-24-12-6-5-7-13-24/h8,10-11,16,21,24-27,29H,4-7,9,12-15,17-20H2,1-3H3,(H,37,42)(H,38,45)(H,39,44)/t26-,27-,29-,35+/m0/s1. The molecule has 2 saturated carbocycles. The number of hydrogen-bond donors (Lipinski definition) is 3. The van der Waals surface area contributed by atoms with Gasteiger partial charge in [-0.2, -0.15) is 0 Å². The predicted molar refractivity (Wildman–Crippen MR) is 178 cm³/mol. The number of hydrogen-bond acceptors (Lipinski definition) is 7. The van der Waals surface area contributed by atoms with Crippen LogP contribution in [0.4, 0.5) is 0 Å². The summed E-state index contributed by atoms with van der Waals surface area (Å²) in [4.78, 5) is 74.9. The Bertz CT molecular complexity index is 1390. The Labute approximate surface area is 281 Å². The number of nitrogens with one attached hydrogen (secondary N) is 3. The molecule has 11 nitrogen and oxygen atoms in total. The lowest BCUT2D eigenvalue weighted by molar-refractivity contribution is -0.146. The van der Waals surface area contributed by atoms with Crippen molar-refractivity contribution in [3.63, 3.8) is 0 Å². The van der Waals surface area contributed by atoms with E-state index in [1.54, 1.807) is 12.1 Å². The van der Waals surface area contributed by atoms with E-state index in [0.717, 1.165) is 44.1 Å². The van der Waals surface area contributed by atoms with Crippen LogP contribution >= 0.6 is 11.6 Å². The molecule has 1 aromatic carbocycles. The zero-order valence-corrected chi connectivity index (χ0v) is 28.4. The Morgan fingerprint density at radius 3 is 2.43 bits per heavy atom. The molecule has 0 radical (unpaired) electrons. The van der Waals surface area contributed by atoms with Crippen molar-refractivity contribution in [1.82, 2.24) is 20.9 Å². The fourth-order valence-electron chi connectivity index (χ4n) is 6.97. The molecule has 4 atom stereocenters. The zero-order chi connectivity index (χ0) is 33.7. The molecule has 3 fully saturated rings. The lowest BCUT2D eigenvalue weighted by atomic mass is 9.89. The van der Waals surface area contributed by atoms with Gasteiger partial charge in [0, 0.05) is 47.9 Å². The van der Waals surface area contributed by atoms with E-state index in [-0.39, 0.29) is 55.6 Å². The molecule has 256 valence electrons. The monoisotopic (exact) mass is 669 g/mol. The first kappa shape index (κ1) is 34.9. The Morgan fingerprint density at radius 2 is 1.77 bits per heavy atom. The molecule has 2 aliphatic heterocycles. The highest BCUT2D eigenvalue weighted by atomic mass is 35.5. The average molecular weight is 670 g/mol. The van der Waals surface area contributed by atoms with Crippen molar-refractivity contribution in [2.75, 3.05) is 6.54 Å². The number of rotatable bonds is 13. The number of oxime groups is 1. The van der Waals surface area contributed by atoms with Gasteiger partial charge < -0.3 is 25.7 Å². The van der Waals surface area contributed by atoms with Gasteiger partial charge in [-0.05, 0) is 50.2 Å². The first-order valence-electron chi connectivity index (χ1n) is 17.2. The number of carbonyl (C=O) groups is 5. The third-order valence-corrected chi connectivity index (χ3v) is 10.1. The molecule has 0 aromatic heterocycles. The average Bonchev–Trinajstić information content (AvgIpc) is 3.64. The van der Waals surface area contributed by atoms with Crippen LogP contribution in [-0.4, -0.2) is 76.3 Å². The minimum atomic E-state index is -1.02. The van der Waals surface area contributed by atoms with Crippen LogP contribution in [0.25, 0.3) is 0 Å². The van der Waals surface area contributed by atoms with Gasteiger partial charge in [0.1, 0.15) is 6.04 Å². The molecule has 12 heteroatoms. The normalized spacial score (nSPS) is 24.0. The molecular weight excluding hydrogens is 622 g/mol. The highest BCUT2D eigenvalue weighted by Gasteiger charge is 2.55. The summed E-state index contributed by atoms with van der Waals surface area (Å²) in [6.45, 7) is 5.76. The molecule has 5 rings (SSSR count). The van der Waals surface area contributed by atoms with Crippen LogP contribution in [0.15, 0.2) is 29.4 Å². The van der Waals surface area contributed by atoms with E-state index in [1.807, 2.05) is 32.9 Å². The van der Waals surface area contributed by atoms with Gasteiger partial charge in [0.15, 0.2) is 5.60 Å². The van der Waals surface area contributed by atoms with Crippen LogP contribution in [0.5, 0.6) is 0 Å². The largest absolute Gasteiger partial charge is 0.387 e. The number of amides is 4. The maximum Gasteiger partial charge on any atom is 0.289 e. The minimum absolute atomic E-state index is 0.00344. The number of benzene rings is 1. The lowest BCUT2D eigenvalue weighted by Crippen LogP contribution is -2.54. The summed E-state index contributed by atoms with van der Waals surface area (Å²) in [5.41, 5.74) is 0.466. The second-order valence-corrected chi connectivity index (χ2v) is 14.5. The molecule has 47 heavy (non-hydrogen) atoms. The first-order chi connectivity index (χ1) is 22.5. The lowest BCUT2D eigenvalue weighted by Gasteiger charge is -2.31.